The molecule has 1 unspecified atom stereocenters. The molecule has 1 rings (SSSR count). The number of ether oxygens (including phenoxy) is 3. The summed E-state index contributed by atoms with van der Waals surface area (Å²) in [5.74, 6) is 0.811. The van der Waals surface area contributed by atoms with Gasteiger partial charge in [0.05, 0.1) is 27.2 Å². The van der Waals surface area contributed by atoms with Gasteiger partial charge in [-0.3, -0.25) is 4.79 Å². The van der Waals surface area contributed by atoms with Gasteiger partial charge < -0.3 is 14.2 Å². The lowest BCUT2D eigenvalue weighted by molar-refractivity contribution is -0.146. The van der Waals surface area contributed by atoms with Crippen molar-refractivity contribution in [2.45, 2.75) is 64.7 Å². The van der Waals surface area contributed by atoms with Gasteiger partial charge in [-0.05, 0) is 56.7 Å². The van der Waals surface area contributed by atoms with E-state index in [1.807, 2.05) is 13.0 Å². The Balaban J connectivity index is 3.44. The zero-order valence-electron chi connectivity index (χ0n) is 18.9. The van der Waals surface area contributed by atoms with Crippen LogP contribution in [-0.4, -0.2) is 27.3 Å². The van der Waals surface area contributed by atoms with Crippen LogP contribution < -0.4 is 9.47 Å². The maximum Gasteiger partial charge on any atom is 0.309 e. The van der Waals surface area contributed by atoms with Crippen molar-refractivity contribution in [3.63, 3.8) is 0 Å². The second-order valence-corrected chi connectivity index (χ2v) is 7.63. The molecule has 1 aromatic rings. The average Bonchev–Trinajstić information content (AvgIpc) is 2.72. The van der Waals surface area contributed by atoms with Gasteiger partial charge in [-0.25, -0.2) is 0 Å². The number of unbranched alkanes of at least 4 members (excludes halogenated alkanes) is 2. The number of hydrogen-bond donors (Lipinski definition) is 0. The molecule has 0 saturated heterocycles. The highest BCUT2D eigenvalue weighted by atomic mass is 16.5. The summed E-state index contributed by atoms with van der Waals surface area (Å²) in [4.78, 5) is 12.7. The summed E-state index contributed by atoms with van der Waals surface area (Å²) < 4.78 is 16.7. The van der Waals surface area contributed by atoms with Crippen molar-refractivity contribution in [3.8, 4) is 11.5 Å². The first-order valence-corrected chi connectivity index (χ1v) is 10.5. The molecule has 0 aliphatic heterocycles. The summed E-state index contributed by atoms with van der Waals surface area (Å²) in [6.45, 7) is 12.1. The van der Waals surface area contributed by atoms with E-state index in [0.717, 1.165) is 41.9 Å². The third-order valence-electron chi connectivity index (χ3n) is 5.34. The minimum absolute atomic E-state index is 0.145. The topological polar surface area (TPSA) is 44.8 Å². The highest BCUT2D eigenvalue weighted by Gasteiger charge is 2.33. The van der Waals surface area contributed by atoms with Crippen molar-refractivity contribution in [2.75, 3.05) is 21.3 Å². The predicted molar refractivity (Wildman–Crippen MR) is 120 cm³/mol. The lowest BCUT2D eigenvalue weighted by Crippen LogP contribution is -2.25. The van der Waals surface area contributed by atoms with Gasteiger partial charge >= 0.3 is 5.97 Å². The molecule has 0 saturated carbocycles. The first-order valence-electron chi connectivity index (χ1n) is 10.5. The summed E-state index contributed by atoms with van der Waals surface area (Å²) in [6.07, 6.45) is 8.35. The number of hydrogen-bond acceptors (Lipinski definition) is 4. The molecule has 0 aliphatic carbocycles. The first kappa shape index (κ1) is 24.8. The van der Waals surface area contributed by atoms with Crippen molar-refractivity contribution in [1.82, 2.24) is 0 Å². The van der Waals surface area contributed by atoms with E-state index in [9.17, 15) is 4.79 Å². The molecule has 0 N–H and O–H groups in total. The SMILES string of the molecule is C=CCC(c1c(OC)cc(CCCCC)cc1OC)[C@@H](CCC(=C)C)C(=O)OC. The fourth-order valence-electron chi connectivity index (χ4n) is 3.78. The molecule has 1 aromatic carbocycles. The molecular weight excluding hydrogens is 364 g/mol. The lowest BCUT2D eigenvalue weighted by Gasteiger charge is -2.28. The molecule has 0 radical (unpaired) electrons. The molecule has 2 atom stereocenters. The zero-order chi connectivity index (χ0) is 21.8. The summed E-state index contributed by atoms with van der Waals surface area (Å²) in [7, 11) is 4.77. The maximum atomic E-state index is 12.7. The summed E-state index contributed by atoms with van der Waals surface area (Å²) in [5.41, 5.74) is 3.14. The number of carbonyl (C=O) groups is 1. The number of esters is 1. The van der Waals surface area contributed by atoms with E-state index in [-0.39, 0.29) is 17.8 Å². The van der Waals surface area contributed by atoms with Crippen LogP contribution in [0, 0.1) is 5.92 Å². The molecule has 4 nitrogen and oxygen atoms in total. The molecule has 0 amide bonds. The molecule has 0 spiro atoms. The van der Waals surface area contributed by atoms with Crippen molar-refractivity contribution in [3.05, 3.63) is 48.1 Å². The average molecular weight is 403 g/mol. The van der Waals surface area contributed by atoms with E-state index in [4.69, 9.17) is 14.2 Å². The van der Waals surface area contributed by atoms with Crippen LogP contribution in [0.2, 0.25) is 0 Å². The highest BCUT2D eigenvalue weighted by molar-refractivity contribution is 5.74. The van der Waals surface area contributed by atoms with E-state index < -0.39 is 0 Å². The van der Waals surface area contributed by atoms with Gasteiger partial charge in [-0.2, -0.15) is 0 Å². The Morgan fingerprint density at radius 2 is 1.76 bits per heavy atom. The molecule has 0 fully saturated rings. The number of aryl methyl sites for hydroxylation is 1. The van der Waals surface area contributed by atoms with Crippen LogP contribution in [0.25, 0.3) is 0 Å². The van der Waals surface area contributed by atoms with Crippen LogP contribution in [0.1, 0.15) is 69.4 Å². The Morgan fingerprint density at radius 3 is 2.21 bits per heavy atom. The monoisotopic (exact) mass is 402 g/mol. The molecule has 29 heavy (non-hydrogen) atoms. The van der Waals surface area contributed by atoms with E-state index >= 15 is 0 Å². The third-order valence-corrected chi connectivity index (χ3v) is 5.34. The normalized spacial score (nSPS) is 12.7. The standard InChI is InChI=1S/C25H38O4/c1-8-10-11-13-19-16-22(27-5)24(23(17-19)28-6)20(12-9-2)21(25(26)29-7)15-14-18(3)4/h9,16-17,20-21H,2-3,8,10-15H2,1,4-7H3/t20?,21-/m1/s1. The molecule has 0 heterocycles. The number of benzene rings is 1. The van der Waals surface area contributed by atoms with Crippen LogP contribution >= 0.6 is 0 Å². The van der Waals surface area contributed by atoms with E-state index in [1.165, 1.54) is 25.5 Å². The minimum atomic E-state index is -0.330. The largest absolute Gasteiger partial charge is 0.496 e. The molecule has 4 heteroatoms. The van der Waals surface area contributed by atoms with Crippen LogP contribution in [0.15, 0.2) is 36.9 Å². The minimum Gasteiger partial charge on any atom is -0.496 e. The van der Waals surface area contributed by atoms with Gasteiger partial charge in [-0.1, -0.05) is 31.4 Å². The van der Waals surface area contributed by atoms with E-state index in [1.54, 1.807) is 14.2 Å². The number of methoxy groups -OCH3 is 3. The Hall–Kier alpha value is -2.23. The Labute approximate surface area is 176 Å². The van der Waals surface area contributed by atoms with Gasteiger partial charge in [0.15, 0.2) is 0 Å². The summed E-state index contributed by atoms with van der Waals surface area (Å²) >= 11 is 0. The highest BCUT2D eigenvalue weighted by Crippen LogP contribution is 2.44. The molecular formula is C25H38O4. The predicted octanol–water partition coefficient (Wildman–Crippen LogP) is 6.24. The van der Waals surface area contributed by atoms with Crippen LogP contribution in [0.4, 0.5) is 0 Å². The van der Waals surface area contributed by atoms with Gasteiger partial charge in [-0.15, -0.1) is 13.2 Å². The van der Waals surface area contributed by atoms with Crippen molar-refractivity contribution in [2.24, 2.45) is 5.92 Å². The van der Waals surface area contributed by atoms with Gasteiger partial charge in [0.2, 0.25) is 0 Å². The van der Waals surface area contributed by atoms with Crippen molar-refractivity contribution in [1.29, 1.82) is 0 Å². The Kier molecular flexibility index (Phi) is 11.2. The Bertz CT molecular complexity index is 652. The lowest BCUT2D eigenvalue weighted by atomic mass is 9.79. The summed E-state index contributed by atoms with van der Waals surface area (Å²) in [6, 6.07) is 4.16. The van der Waals surface area contributed by atoms with Crippen LogP contribution in [-0.2, 0) is 16.0 Å². The fraction of sp³-hybridized carbons (Fsp3) is 0.560. The third kappa shape index (κ3) is 7.26. The van der Waals surface area contributed by atoms with Gasteiger partial charge in [0.1, 0.15) is 11.5 Å². The van der Waals surface area contributed by atoms with E-state index in [0.29, 0.717) is 12.8 Å². The van der Waals surface area contributed by atoms with Crippen molar-refractivity contribution >= 4 is 5.97 Å². The molecule has 0 aliphatic rings. The van der Waals surface area contributed by atoms with Crippen LogP contribution in [0.5, 0.6) is 11.5 Å². The molecule has 162 valence electrons. The number of allylic oxidation sites excluding steroid dienone is 2. The molecule has 0 bridgehead atoms. The second-order valence-electron chi connectivity index (χ2n) is 7.63. The zero-order valence-corrected chi connectivity index (χ0v) is 18.9. The Morgan fingerprint density at radius 1 is 1.14 bits per heavy atom. The fourth-order valence-corrected chi connectivity index (χ4v) is 3.78. The first-order chi connectivity index (χ1) is 13.9. The quantitative estimate of drug-likeness (QED) is 0.210. The summed E-state index contributed by atoms with van der Waals surface area (Å²) in [5, 5.41) is 0. The maximum absolute atomic E-state index is 12.7. The van der Waals surface area contributed by atoms with Crippen molar-refractivity contribution < 1.29 is 19.0 Å². The second kappa shape index (κ2) is 13.1. The smallest absolute Gasteiger partial charge is 0.309 e. The van der Waals surface area contributed by atoms with E-state index in [2.05, 4.69) is 32.2 Å². The number of carbonyl (C=O) groups excluding carboxylic acids is 1. The van der Waals surface area contributed by atoms with Gasteiger partial charge in [0, 0.05) is 11.5 Å². The molecule has 0 aromatic heterocycles. The van der Waals surface area contributed by atoms with Gasteiger partial charge in [0.25, 0.3) is 0 Å². The van der Waals surface area contributed by atoms with Crippen LogP contribution in [0.3, 0.4) is 0 Å². The number of rotatable bonds is 14.